The van der Waals surface area contributed by atoms with E-state index < -0.39 is 36.0 Å². The molecule has 0 aromatic heterocycles. The van der Waals surface area contributed by atoms with E-state index in [9.17, 15) is 32.3 Å². The number of nitrogens with zero attached hydrogens (tertiary/aromatic N) is 6. The van der Waals surface area contributed by atoms with Crippen LogP contribution in [0.4, 0.5) is 13.2 Å². The lowest BCUT2D eigenvalue weighted by Gasteiger charge is -2.37. The summed E-state index contributed by atoms with van der Waals surface area (Å²) in [5.74, 6) is 1.34. The Labute approximate surface area is 291 Å². The number of aliphatic imine (C=N–C) groups is 2. The topological polar surface area (TPSA) is 118 Å². The van der Waals surface area contributed by atoms with Crippen LogP contribution in [0.1, 0.15) is 119 Å². The molecule has 4 aliphatic rings. The van der Waals surface area contributed by atoms with E-state index in [1.54, 1.807) is 16.8 Å². The smallest absolute Gasteiger partial charge is 0.342 e. The summed E-state index contributed by atoms with van der Waals surface area (Å²) in [5, 5.41) is 2.89. The number of amides is 4. The monoisotopic (exact) mass is 699 g/mol. The van der Waals surface area contributed by atoms with Crippen molar-refractivity contribution < 1.29 is 32.3 Å². The number of carbonyl (C=O) groups is 4. The van der Waals surface area contributed by atoms with Crippen molar-refractivity contribution in [3.8, 4) is 0 Å². The van der Waals surface area contributed by atoms with Crippen LogP contribution in [0.2, 0.25) is 0 Å². The van der Waals surface area contributed by atoms with Crippen molar-refractivity contribution in [2.45, 2.75) is 136 Å². The number of carbonyl (C=O) groups excluding carboxylic acids is 4. The molecule has 1 unspecified atom stereocenters. The van der Waals surface area contributed by atoms with Crippen LogP contribution in [0.25, 0.3) is 0 Å². The van der Waals surface area contributed by atoms with Crippen molar-refractivity contribution in [3.63, 3.8) is 0 Å². The number of piperidine rings is 2. The summed E-state index contributed by atoms with van der Waals surface area (Å²) in [6.45, 7) is 15.4. The normalized spacial score (nSPS) is 21.8. The fourth-order valence-electron chi connectivity index (χ4n) is 6.79. The predicted molar refractivity (Wildman–Crippen MR) is 186 cm³/mol. The zero-order valence-electron chi connectivity index (χ0n) is 30.9. The van der Waals surface area contributed by atoms with E-state index in [0.29, 0.717) is 39.0 Å². The van der Waals surface area contributed by atoms with Crippen molar-refractivity contribution in [2.75, 3.05) is 52.9 Å². The second-order valence-corrected chi connectivity index (χ2v) is 12.9. The second kappa shape index (κ2) is 19.4. The Morgan fingerprint density at radius 2 is 1.29 bits per heavy atom. The number of likely N-dealkylation sites (tertiary alicyclic amines) is 2. The van der Waals surface area contributed by atoms with Crippen LogP contribution >= 0.6 is 0 Å². The van der Waals surface area contributed by atoms with E-state index in [0.717, 1.165) is 69.6 Å². The van der Waals surface area contributed by atoms with Crippen LogP contribution in [0, 0.1) is 0 Å². The molecule has 2 fully saturated rings. The van der Waals surface area contributed by atoms with E-state index in [4.69, 9.17) is 9.98 Å². The summed E-state index contributed by atoms with van der Waals surface area (Å²) in [4.78, 5) is 66.0. The van der Waals surface area contributed by atoms with E-state index in [1.165, 1.54) is 4.90 Å². The molecule has 0 aliphatic carbocycles. The Morgan fingerprint density at radius 1 is 0.776 bits per heavy atom. The Morgan fingerprint density at radius 3 is 1.76 bits per heavy atom. The molecule has 4 heterocycles. The van der Waals surface area contributed by atoms with Gasteiger partial charge in [0.2, 0.25) is 11.8 Å². The first kappa shape index (κ1) is 42.1. The number of nitrogens with one attached hydrogen (secondary N) is 1. The average molecular weight is 700 g/mol. The highest BCUT2D eigenvalue weighted by Gasteiger charge is 2.51. The first-order valence-electron chi connectivity index (χ1n) is 18.4. The first-order valence-corrected chi connectivity index (χ1v) is 18.4. The summed E-state index contributed by atoms with van der Waals surface area (Å²) < 4.78 is 36.8. The van der Waals surface area contributed by atoms with Crippen molar-refractivity contribution >= 4 is 35.3 Å². The number of hydrogen-bond donors (Lipinski definition) is 1. The van der Waals surface area contributed by atoms with Gasteiger partial charge >= 0.3 is 6.18 Å². The van der Waals surface area contributed by atoms with Crippen LogP contribution in [0.5, 0.6) is 0 Å². The SMILES string of the molecule is CC.CCCCC1=NC2(CCCN(C(=O)CNC)C2)C(=O)N1CC.CCCCC1=NC2(CCN(C(=O)CCC(F)(F)F)CC2)C(=O)N1CC. The summed E-state index contributed by atoms with van der Waals surface area (Å²) >= 11 is 0. The molecule has 4 rings (SSSR count). The van der Waals surface area contributed by atoms with Gasteiger partial charge in [0.05, 0.1) is 19.5 Å². The number of unbranched alkanes of at least 4 members (excludes halogenated alkanes) is 2. The van der Waals surface area contributed by atoms with Crippen LogP contribution in [-0.2, 0) is 19.2 Å². The van der Waals surface area contributed by atoms with Crippen LogP contribution < -0.4 is 5.32 Å². The molecular formula is C35H60F3N7O4. The largest absolute Gasteiger partial charge is 0.389 e. The highest BCUT2D eigenvalue weighted by atomic mass is 19.4. The van der Waals surface area contributed by atoms with Gasteiger partial charge in [0.1, 0.15) is 17.2 Å². The molecule has 2 saturated heterocycles. The third-order valence-corrected chi connectivity index (χ3v) is 9.45. The molecule has 0 bridgehead atoms. The summed E-state index contributed by atoms with van der Waals surface area (Å²) in [6, 6.07) is 0. The minimum atomic E-state index is -4.33. The summed E-state index contributed by atoms with van der Waals surface area (Å²) in [6.07, 6.45) is 2.11. The highest BCUT2D eigenvalue weighted by Crippen LogP contribution is 2.36. The van der Waals surface area contributed by atoms with Crippen molar-refractivity contribution in [1.82, 2.24) is 24.9 Å². The van der Waals surface area contributed by atoms with Crippen molar-refractivity contribution in [1.29, 1.82) is 0 Å². The van der Waals surface area contributed by atoms with Gasteiger partial charge in [-0.05, 0) is 59.4 Å². The molecule has 0 saturated carbocycles. The molecule has 49 heavy (non-hydrogen) atoms. The van der Waals surface area contributed by atoms with Gasteiger partial charge < -0.3 is 15.1 Å². The molecule has 280 valence electrons. The Bertz CT molecular complexity index is 1180. The van der Waals surface area contributed by atoms with Gasteiger partial charge in [-0.25, -0.2) is 0 Å². The summed E-state index contributed by atoms with van der Waals surface area (Å²) in [7, 11) is 1.76. The van der Waals surface area contributed by atoms with Gasteiger partial charge in [-0.2, -0.15) is 13.2 Å². The molecular weight excluding hydrogens is 639 g/mol. The second-order valence-electron chi connectivity index (χ2n) is 12.9. The fourth-order valence-corrected chi connectivity index (χ4v) is 6.79. The van der Waals surface area contributed by atoms with Gasteiger partial charge in [-0.1, -0.05) is 40.5 Å². The maximum absolute atomic E-state index is 12.9. The van der Waals surface area contributed by atoms with E-state index >= 15 is 0 Å². The van der Waals surface area contributed by atoms with E-state index in [2.05, 4.69) is 19.2 Å². The number of amidine groups is 2. The zero-order valence-corrected chi connectivity index (χ0v) is 30.9. The average Bonchev–Trinajstić information content (AvgIpc) is 3.50. The first-order chi connectivity index (χ1) is 23.3. The van der Waals surface area contributed by atoms with Gasteiger partial charge in [-0.15, -0.1) is 0 Å². The third kappa shape index (κ3) is 10.7. The number of hydrogen-bond acceptors (Lipinski definition) is 7. The quantitative estimate of drug-likeness (QED) is 0.301. The molecule has 0 radical (unpaired) electrons. The van der Waals surface area contributed by atoms with Crippen molar-refractivity contribution in [3.05, 3.63) is 0 Å². The molecule has 14 heteroatoms. The third-order valence-electron chi connectivity index (χ3n) is 9.45. The number of alkyl halides is 3. The molecule has 2 spiro atoms. The minimum Gasteiger partial charge on any atom is -0.342 e. The lowest BCUT2D eigenvalue weighted by molar-refractivity contribution is -0.150. The van der Waals surface area contributed by atoms with Crippen LogP contribution in [0.15, 0.2) is 9.98 Å². The van der Waals surface area contributed by atoms with Gasteiger partial charge in [0.15, 0.2) is 5.54 Å². The zero-order chi connectivity index (χ0) is 36.8. The molecule has 1 atom stereocenters. The van der Waals surface area contributed by atoms with Gasteiger partial charge in [0, 0.05) is 52.0 Å². The molecule has 4 aliphatic heterocycles. The Balaban J connectivity index is 0.000000326. The number of rotatable bonds is 12. The molecule has 4 amide bonds. The fraction of sp³-hybridized carbons (Fsp3) is 0.829. The van der Waals surface area contributed by atoms with Crippen LogP contribution in [0.3, 0.4) is 0 Å². The number of halogens is 3. The van der Waals surface area contributed by atoms with E-state index in [-0.39, 0.29) is 30.8 Å². The van der Waals surface area contributed by atoms with Crippen LogP contribution in [-0.4, -0.2) is 125 Å². The van der Waals surface area contributed by atoms with Gasteiger partial charge in [-0.3, -0.25) is 39.0 Å². The minimum absolute atomic E-state index is 0.0245. The Kier molecular flexibility index (Phi) is 16.7. The predicted octanol–water partition coefficient (Wildman–Crippen LogP) is 5.18. The molecule has 0 aromatic carbocycles. The molecule has 1 N–H and O–H groups in total. The highest BCUT2D eigenvalue weighted by molar-refractivity contribution is 6.09. The maximum Gasteiger partial charge on any atom is 0.389 e. The molecule has 11 nitrogen and oxygen atoms in total. The van der Waals surface area contributed by atoms with E-state index in [1.807, 2.05) is 32.6 Å². The lowest BCUT2D eigenvalue weighted by Crippen LogP contribution is -2.55. The Hall–Kier alpha value is -3.03. The standard InChI is InChI=1S/C17H26F3N3O2.C16H28N4O2.C2H6/c1-3-5-6-13-21-16(15(25)23(13)4-2)9-11-22(12-10-16)14(24)7-8-17(18,19)20;1-4-6-8-13-18-16(15(22)20(13)5-2)9-7-10-19(12-16)14(21)11-17-3;1-2/h3-12H2,1-2H3;17H,4-12H2,1-3H3;1-2H3. The van der Waals surface area contributed by atoms with Gasteiger partial charge in [0.25, 0.3) is 11.8 Å². The summed E-state index contributed by atoms with van der Waals surface area (Å²) in [5.41, 5.74) is -1.54. The lowest BCUT2D eigenvalue weighted by atomic mass is 9.87. The number of likely N-dealkylation sites (N-methyl/N-ethyl adjacent to an activating group) is 3. The maximum atomic E-state index is 12.9. The van der Waals surface area contributed by atoms with Crippen molar-refractivity contribution in [2.24, 2.45) is 9.98 Å². The molecule has 0 aromatic rings.